The molecule has 0 radical (unpaired) electrons. The lowest BCUT2D eigenvalue weighted by Gasteiger charge is -2.29. The number of amides is 1. The molecular formula is C28H31Cl2F3N4O4S. The number of anilines is 1. The van der Waals surface area contributed by atoms with Crippen molar-refractivity contribution in [3.8, 4) is 16.3 Å². The second kappa shape index (κ2) is 15.0. The molecule has 42 heavy (non-hydrogen) atoms. The molecule has 1 aliphatic rings. The number of hydrogen-bond donors (Lipinski definition) is 1. The van der Waals surface area contributed by atoms with Gasteiger partial charge in [-0.3, -0.25) is 19.4 Å². The van der Waals surface area contributed by atoms with E-state index in [0.29, 0.717) is 56.0 Å². The predicted molar refractivity (Wildman–Crippen MR) is 158 cm³/mol. The highest BCUT2D eigenvalue weighted by Gasteiger charge is 2.35. The molecule has 0 bridgehead atoms. The maximum absolute atomic E-state index is 14.0. The van der Waals surface area contributed by atoms with E-state index in [1.807, 2.05) is 11.8 Å². The number of piperidine rings is 1. The molecule has 2 aromatic carbocycles. The Morgan fingerprint density at radius 2 is 1.90 bits per heavy atom. The fourth-order valence-electron chi connectivity index (χ4n) is 4.52. The van der Waals surface area contributed by atoms with Gasteiger partial charge in [0.15, 0.2) is 0 Å². The van der Waals surface area contributed by atoms with Gasteiger partial charge in [0.25, 0.3) is 5.91 Å². The summed E-state index contributed by atoms with van der Waals surface area (Å²) in [7, 11) is 0. The van der Waals surface area contributed by atoms with Crippen LogP contribution in [-0.4, -0.2) is 64.9 Å². The lowest BCUT2D eigenvalue weighted by Crippen LogP contribution is -2.38. The van der Waals surface area contributed by atoms with Crippen molar-refractivity contribution in [2.75, 3.05) is 37.7 Å². The second-order valence-electron chi connectivity index (χ2n) is 9.72. The van der Waals surface area contributed by atoms with Gasteiger partial charge in [-0.2, -0.15) is 13.2 Å². The molecule has 1 aliphatic heterocycles. The van der Waals surface area contributed by atoms with Gasteiger partial charge in [-0.15, -0.1) is 22.6 Å². The van der Waals surface area contributed by atoms with Crippen LogP contribution in [0.2, 0.25) is 5.02 Å². The SMILES string of the molecule is CCCCN(C(=O)c1cccc(Cl)c1)c1nnc(-c2ccc(OCCN3CCC(C(=O)O)CC3)c(C(F)(F)F)c2)s1.Cl. The van der Waals surface area contributed by atoms with Crippen molar-refractivity contribution in [2.45, 2.75) is 38.8 Å². The highest BCUT2D eigenvalue weighted by molar-refractivity contribution is 7.18. The quantitative estimate of drug-likeness (QED) is 0.241. The Hall–Kier alpha value is -2.93. The highest BCUT2D eigenvalue weighted by Crippen LogP contribution is 2.40. The minimum absolute atomic E-state index is 0. The lowest BCUT2D eigenvalue weighted by molar-refractivity contribution is -0.143. The number of rotatable bonds is 11. The first kappa shape index (κ1) is 33.6. The maximum atomic E-state index is 14.0. The van der Waals surface area contributed by atoms with Crippen LogP contribution in [0.15, 0.2) is 42.5 Å². The first-order valence-corrected chi connectivity index (χ1v) is 14.5. The fourth-order valence-corrected chi connectivity index (χ4v) is 5.57. The molecular weight excluding hydrogens is 616 g/mol. The number of carbonyl (C=O) groups is 2. The summed E-state index contributed by atoms with van der Waals surface area (Å²) in [5.41, 5.74) is -0.360. The highest BCUT2D eigenvalue weighted by atomic mass is 35.5. The Morgan fingerprint density at radius 3 is 2.55 bits per heavy atom. The van der Waals surface area contributed by atoms with Crippen LogP contribution in [0.3, 0.4) is 0 Å². The number of aromatic nitrogens is 2. The molecule has 8 nitrogen and oxygen atoms in total. The maximum Gasteiger partial charge on any atom is 0.419 e. The summed E-state index contributed by atoms with van der Waals surface area (Å²) in [6.07, 6.45) is -2.15. The molecule has 0 aliphatic carbocycles. The number of aliphatic carboxylic acids is 1. The minimum Gasteiger partial charge on any atom is -0.492 e. The largest absolute Gasteiger partial charge is 0.492 e. The molecule has 228 valence electrons. The monoisotopic (exact) mass is 646 g/mol. The molecule has 4 rings (SSSR count). The lowest BCUT2D eigenvalue weighted by atomic mass is 9.97. The van der Waals surface area contributed by atoms with E-state index < -0.39 is 17.7 Å². The molecule has 3 aromatic rings. The zero-order valence-corrected chi connectivity index (χ0v) is 25.2. The molecule has 0 unspecified atom stereocenters. The Balaban J connectivity index is 0.00000484. The van der Waals surface area contributed by atoms with E-state index in [0.717, 1.165) is 23.8 Å². The minimum atomic E-state index is -4.67. The van der Waals surface area contributed by atoms with E-state index in [1.54, 1.807) is 24.3 Å². The standard InChI is InChI=1S/C28H30ClF3N4O4S.ClH/c1-2-3-11-36(25(37)20-5-4-6-21(29)16-20)27-34-33-24(41-27)19-7-8-23(22(17-19)28(30,31)32)40-15-14-35-12-9-18(10-13-35)26(38)39;/h4-8,16-18H,2-3,9-15H2,1H3,(H,38,39);1H. The number of carboxylic acids is 1. The summed E-state index contributed by atoms with van der Waals surface area (Å²) in [4.78, 5) is 27.8. The Morgan fingerprint density at radius 1 is 1.17 bits per heavy atom. The van der Waals surface area contributed by atoms with Gasteiger partial charge < -0.3 is 9.84 Å². The first-order chi connectivity index (χ1) is 19.6. The van der Waals surface area contributed by atoms with Crippen LogP contribution in [0, 0.1) is 5.92 Å². The Bertz CT molecular complexity index is 1370. The van der Waals surface area contributed by atoms with E-state index in [1.165, 1.54) is 17.0 Å². The van der Waals surface area contributed by atoms with Crippen molar-refractivity contribution in [3.63, 3.8) is 0 Å². The van der Waals surface area contributed by atoms with Crippen molar-refractivity contribution in [1.82, 2.24) is 15.1 Å². The number of alkyl halides is 3. The van der Waals surface area contributed by atoms with Crippen molar-refractivity contribution in [1.29, 1.82) is 0 Å². The van der Waals surface area contributed by atoms with Gasteiger partial charge in [-0.25, -0.2) is 0 Å². The summed E-state index contributed by atoms with van der Waals surface area (Å²) in [6.45, 7) is 3.88. The molecule has 1 N–H and O–H groups in total. The van der Waals surface area contributed by atoms with E-state index in [4.69, 9.17) is 21.4 Å². The third kappa shape index (κ3) is 8.56. The van der Waals surface area contributed by atoms with E-state index in [2.05, 4.69) is 10.2 Å². The summed E-state index contributed by atoms with van der Waals surface area (Å²) >= 11 is 7.09. The average molecular weight is 648 g/mol. The van der Waals surface area contributed by atoms with Gasteiger partial charge in [-0.1, -0.05) is 42.3 Å². The van der Waals surface area contributed by atoms with Gasteiger partial charge in [0.1, 0.15) is 17.4 Å². The van der Waals surface area contributed by atoms with Crippen molar-refractivity contribution in [2.24, 2.45) is 5.92 Å². The number of unbranched alkanes of at least 4 members (excludes halogenated alkanes) is 1. The van der Waals surface area contributed by atoms with E-state index >= 15 is 0 Å². The summed E-state index contributed by atoms with van der Waals surface area (Å²) in [5, 5.41) is 18.3. The number of carbonyl (C=O) groups excluding carboxylic acids is 1. The number of carboxylic acid groups (broad SMARTS) is 1. The van der Waals surface area contributed by atoms with Gasteiger partial charge in [0, 0.05) is 29.2 Å². The summed E-state index contributed by atoms with van der Waals surface area (Å²) < 4.78 is 47.5. The molecule has 0 spiro atoms. The van der Waals surface area contributed by atoms with Gasteiger partial charge >= 0.3 is 12.1 Å². The zero-order valence-electron chi connectivity index (χ0n) is 22.8. The van der Waals surface area contributed by atoms with Crippen LogP contribution in [0.5, 0.6) is 5.75 Å². The second-order valence-corrected chi connectivity index (χ2v) is 11.1. The van der Waals surface area contributed by atoms with Crippen LogP contribution in [-0.2, 0) is 11.0 Å². The van der Waals surface area contributed by atoms with Crippen LogP contribution in [0.4, 0.5) is 18.3 Å². The average Bonchev–Trinajstić information content (AvgIpc) is 3.43. The molecule has 0 saturated carbocycles. The topological polar surface area (TPSA) is 95.9 Å². The third-order valence-corrected chi connectivity index (χ3v) is 8.06. The van der Waals surface area contributed by atoms with E-state index in [9.17, 15) is 22.8 Å². The van der Waals surface area contributed by atoms with Gasteiger partial charge in [0.05, 0.1) is 11.5 Å². The van der Waals surface area contributed by atoms with Crippen molar-refractivity contribution < 1.29 is 32.6 Å². The number of hydrogen-bond acceptors (Lipinski definition) is 7. The smallest absolute Gasteiger partial charge is 0.419 e. The number of ether oxygens (including phenoxy) is 1. The van der Waals surface area contributed by atoms with Gasteiger partial charge in [-0.05, 0) is 68.8 Å². The van der Waals surface area contributed by atoms with Crippen LogP contribution in [0.25, 0.3) is 10.6 Å². The predicted octanol–water partition coefficient (Wildman–Crippen LogP) is 6.92. The molecule has 0 atom stereocenters. The molecule has 1 aromatic heterocycles. The van der Waals surface area contributed by atoms with Gasteiger partial charge in [0.2, 0.25) is 5.13 Å². The van der Waals surface area contributed by atoms with Crippen molar-refractivity contribution >= 4 is 52.4 Å². The third-order valence-electron chi connectivity index (χ3n) is 6.83. The molecule has 1 fully saturated rings. The number of nitrogens with zero attached hydrogens (tertiary/aromatic N) is 4. The summed E-state index contributed by atoms with van der Waals surface area (Å²) in [5.74, 6) is -1.83. The molecule has 1 saturated heterocycles. The Kier molecular flexibility index (Phi) is 12.0. The number of halogens is 5. The normalized spacial score (nSPS) is 14.3. The number of likely N-dealkylation sites (tertiary alicyclic amines) is 1. The summed E-state index contributed by atoms with van der Waals surface area (Å²) in [6, 6.07) is 10.3. The molecule has 1 amide bonds. The van der Waals surface area contributed by atoms with Crippen LogP contribution >= 0.6 is 35.3 Å². The van der Waals surface area contributed by atoms with Crippen LogP contribution < -0.4 is 9.64 Å². The number of benzene rings is 2. The first-order valence-electron chi connectivity index (χ1n) is 13.3. The Labute approximate surface area is 256 Å². The van der Waals surface area contributed by atoms with E-state index in [-0.39, 0.29) is 52.3 Å². The molecule has 2 heterocycles. The fraction of sp³-hybridized carbons (Fsp3) is 0.429. The zero-order chi connectivity index (χ0) is 29.6. The van der Waals surface area contributed by atoms with Crippen LogP contribution in [0.1, 0.15) is 48.5 Å². The molecule has 14 heteroatoms. The van der Waals surface area contributed by atoms with Crippen molar-refractivity contribution in [3.05, 3.63) is 58.6 Å².